The lowest BCUT2D eigenvalue weighted by Gasteiger charge is -2.29. The molecule has 0 aliphatic heterocycles. The fourth-order valence-electron chi connectivity index (χ4n) is 1.46. The van der Waals surface area contributed by atoms with Gasteiger partial charge in [0.1, 0.15) is 13.2 Å². The van der Waals surface area contributed by atoms with Crippen molar-refractivity contribution in [1.29, 1.82) is 0 Å². The molecule has 5 nitrogen and oxygen atoms in total. The van der Waals surface area contributed by atoms with Crippen LogP contribution in [0, 0.1) is 0 Å². The molecule has 18 heavy (non-hydrogen) atoms. The van der Waals surface area contributed by atoms with Gasteiger partial charge in [-0.05, 0) is 29.6 Å². The largest absolute Gasteiger partial charge is 0.457 e. The van der Waals surface area contributed by atoms with Gasteiger partial charge in [-0.3, -0.25) is 0 Å². The molecule has 7 heteroatoms. The van der Waals surface area contributed by atoms with Crippen LogP contribution in [0.3, 0.4) is 0 Å². The average molecular weight is 294 g/mol. The molecule has 0 N–H and O–H groups in total. The molecule has 102 valence electrons. The number of hydrogen-bond acceptors (Lipinski definition) is 4. The van der Waals surface area contributed by atoms with Crippen molar-refractivity contribution >= 4 is 23.2 Å². The van der Waals surface area contributed by atoms with Crippen molar-refractivity contribution in [3.63, 3.8) is 0 Å². The zero-order valence-electron chi connectivity index (χ0n) is 11.0. The van der Waals surface area contributed by atoms with Crippen LogP contribution >= 0.6 is 23.2 Å². The first kappa shape index (κ1) is 15.4. The second kappa shape index (κ2) is 7.07. The van der Waals surface area contributed by atoms with Crippen LogP contribution in [0.5, 0.6) is 6.01 Å². The Balaban J connectivity index is 2.41. The smallest absolute Gasteiger partial charge is 0.322 e. The van der Waals surface area contributed by atoms with Crippen LogP contribution in [0.1, 0.15) is 19.8 Å². The van der Waals surface area contributed by atoms with Gasteiger partial charge >= 0.3 is 6.01 Å². The first-order valence-electron chi connectivity index (χ1n) is 5.95. The molecule has 0 unspecified atom stereocenters. The molecule has 0 aliphatic carbocycles. The van der Waals surface area contributed by atoms with Gasteiger partial charge in [0.25, 0.3) is 0 Å². The standard InChI is InChI=1S/C11H19Cl2N4O/c1-4-5-6-17(2,3)7-8-18-11-15-9(12)14-10(13)16-11/h4-8H2,1-3H3/q+1. The van der Waals surface area contributed by atoms with E-state index in [1.54, 1.807) is 0 Å². The Morgan fingerprint density at radius 3 is 2.22 bits per heavy atom. The van der Waals surface area contributed by atoms with Crippen LogP contribution in [0.15, 0.2) is 0 Å². The normalized spacial score (nSPS) is 11.6. The molecule has 0 aromatic carbocycles. The predicted molar refractivity (Wildman–Crippen MR) is 72.1 cm³/mol. The fourth-order valence-corrected chi connectivity index (χ4v) is 1.80. The Morgan fingerprint density at radius 1 is 1.06 bits per heavy atom. The van der Waals surface area contributed by atoms with Gasteiger partial charge in [0, 0.05) is 0 Å². The molecule has 0 radical (unpaired) electrons. The van der Waals surface area contributed by atoms with Gasteiger partial charge in [-0.25, -0.2) is 0 Å². The Labute approximate surface area is 118 Å². The predicted octanol–water partition coefficient (Wildman–Crippen LogP) is 2.43. The summed E-state index contributed by atoms with van der Waals surface area (Å²) < 4.78 is 6.34. The molecule has 0 aliphatic rings. The van der Waals surface area contributed by atoms with Crippen molar-refractivity contribution in [3.05, 3.63) is 10.6 Å². The van der Waals surface area contributed by atoms with Gasteiger partial charge in [-0.1, -0.05) is 13.3 Å². The lowest BCUT2D eigenvalue weighted by molar-refractivity contribution is -0.890. The Bertz CT molecular complexity index is 367. The minimum atomic E-state index is 0.0460. The summed E-state index contributed by atoms with van der Waals surface area (Å²) in [4.78, 5) is 11.3. The van der Waals surface area contributed by atoms with Crippen LogP contribution in [-0.2, 0) is 0 Å². The number of likely N-dealkylation sites (N-methyl/N-ethyl adjacent to an activating group) is 1. The lowest BCUT2D eigenvalue weighted by Crippen LogP contribution is -2.43. The molecule has 0 bridgehead atoms. The van der Waals surface area contributed by atoms with Gasteiger partial charge in [-0.2, -0.15) is 15.0 Å². The van der Waals surface area contributed by atoms with Crippen LogP contribution in [0.25, 0.3) is 0 Å². The molecule has 0 fully saturated rings. The first-order valence-corrected chi connectivity index (χ1v) is 6.70. The van der Waals surface area contributed by atoms with E-state index in [1.807, 2.05) is 0 Å². The number of aromatic nitrogens is 3. The van der Waals surface area contributed by atoms with Crippen molar-refractivity contribution < 1.29 is 9.22 Å². The summed E-state index contributed by atoms with van der Waals surface area (Å²) in [6.07, 6.45) is 2.40. The van der Waals surface area contributed by atoms with Crippen LogP contribution < -0.4 is 4.74 Å². The van der Waals surface area contributed by atoms with Gasteiger partial charge in [-0.15, -0.1) is 0 Å². The number of hydrogen-bond donors (Lipinski definition) is 0. The highest BCUT2D eigenvalue weighted by Crippen LogP contribution is 2.11. The van der Waals surface area contributed by atoms with Gasteiger partial charge < -0.3 is 9.22 Å². The third-order valence-electron chi connectivity index (χ3n) is 2.61. The molecule has 1 aromatic heterocycles. The highest BCUT2D eigenvalue weighted by atomic mass is 35.5. The maximum absolute atomic E-state index is 5.66. The van der Waals surface area contributed by atoms with E-state index in [2.05, 4.69) is 36.0 Å². The Kier molecular flexibility index (Phi) is 6.05. The average Bonchev–Trinajstić information content (AvgIpc) is 2.25. The molecule has 0 amide bonds. The summed E-state index contributed by atoms with van der Waals surface area (Å²) in [5, 5.41) is 0.0921. The van der Waals surface area contributed by atoms with E-state index in [9.17, 15) is 0 Å². The van der Waals surface area contributed by atoms with Crippen molar-refractivity contribution in [1.82, 2.24) is 15.0 Å². The first-order chi connectivity index (χ1) is 8.43. The molecular weight excluding hydrogens is 275 g/mol. The molecule has 1 aromatic rings. The zero-order chi connectivity index (χ0) is 13.6. The monoisotopic (exact) mass is 293 g/mol. The molecule has 0 atom stereocenters. The lowest BCUT2D eigenvalue weighted by atomic mass is 10.3. The molecular formula is C11H19Cl2N4O+. The van der Waals surface area contributed by atoms with Crippen molar-refractivity contribution in [3.8, 4) is 6.01 Å². The van der Waals surface area contributed by atoms with E-state index in [4.69, 9.17) is 27.9 Å². The third kappa shape index (κ3) is 5.80. The highest BCUT2D eigenvalue weighted by Gasteiger charge is 2.14. The number of quaternary nitrogens is 1. The van der Waals surface area contributed by atoms with E-state index in [-0.39, 0.29) is 16.6 Å². The Hall–Kier alpha value is -0.650. The van der Waals surface area contributed by atoms with Gasteiger partial charge in [0.05, 0.1) is 20.6 Å². The molecule has 0 saturated carbocycles. The van der Waals surface area contributed by atoms with Crippen molar-refractivity contribution in [2.75, 3.05) is 33.8 Å². The number of rotatable bonds is 7. The molecule has 1 rings (SSSR count). The summed E-state index contributed by atoms with van der Waals surface area (Å²) in [5.74, 6) is 0. The highest BCUT2D eigenvalue weighted by molar-refractivity contribution is 6.31. The summed E-state index contributed by atoms with van der Waals surface area (Å²) in [6.45, 7) is 4.71. The maximum atomic E-state index is 5.66. The second-order valence-corrected chi connectivity index (χ2v) is 5.42. The quantitative estimate of drug-likeness (QED) is 0.725. The topological polar surface area (TPSA) is 47.9 Å². The van der Waals surface area contributed by atoms with Crippen LogP contribution in [0.2, 0.25) is 10.6 Å². The van der Waals surface area contributed by atoms with E-state index in [0.717, 1.165) is 17.6 Å². The molecule has 0 spiro atoms. The number of nitrogens with zero attached hydrogens (tertiary/aromatic N) is 4. The summed E-state index contributed by atoms with van der Waals surface area (Å²) in [7, 11) is 4.35. The second-order valence-electron chi connectivity index (χ2n) is 4.74. The number of unbranched alkanes of at least 4 members (excludes halogenated alkanes) is 1. The van der Waals surface area contributed by atoms with Gasteiger partial charge in [0.2, 0.25) is 10.6 Å². The van der Waals surface area contributed by atoms with E-state index in [1.165, 1.54) is 12.8 Å². The summed E-state index contributed by atoms with van der Waals surface area (Å²) in [6, 6.07) is 0.176. The zero-order valence-corrected chi connectivity index (χ0v) is 12.5. The molecule has 1 heterocycles. The van der Waals surface area contributed by atoms with Crippen molar-refractivity contribution in [2.24, 2.45) is 0 Å². The summed E-state index contributed by atoms with van der Waals surface area (Å²) >= 11 is 11.3. The summed E-state index contributed by atoms with van der Waals surface area (Å²) in [5.41, 5.74) is 0. The Morgan fingerprint density at radius 2 is 1.67 bits per heavy atom. The molecule has 0 saturated heterocycles. The maximum Gasteiger partial charge on any atom is 0.322 e. The van der Waals surface area contributed by atoms with Gasteiger partial charge in [0.15, 0.2) is 0 Å². The third-order valence-corrected chi connectivity index (χ3v) is 2.94. The van der Waals surface area contributed by atoms with E-state index >= 15 is 0 Å². The van der Waals surface area contributed by atoms with Crippen LogP contribution in [-0.4, -0.2) is 53.2 Å². The number of halogens is 2. The van der Waals surface area contributed by atoms with Crippen molar-refractivity contribution in [2.45, 2.75) is 19.8 Å². The van der Waals surface area contributed by atoms with E-state index < -0.39 is 0 Å². The fraction of sp³-hybridized carbons (Fsp3) is 0.727. The minimum Gasteiger partial charge on any atom is -0.457 e. The minimum absolute atomic E-state index is 0.0460. The number of ether oxygens (including phenoxy) is 1. The van der Waals surface area contributed by atoms with Crippen LogP contribution in [0.4, 0.5) is 0 Å². The van der Waals surface area contributed by atoms with E-state index in [0.29, 0.717) is 6.61 Å². The SMILES string of the molecule is CCCC[N+](C)(C)CCOc1nc(Cl)nc(Cl)n1.